The molecule has 0 N–H and O–H groups in total. The smallest absolute Gasteiger partial charge is 0.228 e. The van der Waals surface area contributed by atoms with E-state index in [-0.39, 0.29) is 0 Å². The van der Waals surface area contributed by atoms with Crippen molar-refractivity contribution in [2.45, 2.75) is 12.8 Å². The van der Waals surface area contributed by atoms with E-state index in [1.807, 2.05) is 0 Å². The van der Waals surface area contributed by atoms with Crippen molar-refractivity contribution in [2.24, 2.45) is 0 Å². The van der Waals surface area contributed by atoms with Crippen LogP contribution in [0.4, 0.5) is 4.39 Å². The van der Waals surface area contributed by atoms with Crippen molar-refractivity contribution >= 4 is 15.9 Å². The van der Waals surface area contributed by atoms with E-state index in [4.69, 9.17) is 10.00 Å². The lowest BCUT2D eigenvalue weighted by Crippen LogP contribution is -1.92. The van der Waals surface area contributed by atoms with Crippen LogP contribution in [-0.2, 0) is 6.42 Å². The number of aryl methyl sites for hydroxylation is 1. The van der Waals surface area contributed by atoms with E-state index < -0.39 is 6.86 Å². The summed E-state index contributed by atoms with van der Waals surface area (Å²) in [5.74, 6) is 0.489. The van der Waals surface area contributed by atoms with Crippen molar-refractivity contribution in [3.05, 3.63) is 28.2 Å². The topological polar surface area (TPSA) is 33.0 Å². The molecule has 2 nitrogen and oxygen atoms in total. The molecule has 1 aromatic rings. The van der Waals surface area contributed by atoms with Gasteiger partial charge in [0.05, 0.1) is 6.07 Å². The highest BCUT2D eigenvalue weighted by Gasteiger charge is 2.02. The fraction of sp³-hybridized carbons (Fsp3) is 0.300. The number of nitriles is 1. The number of hydrogen-bond donors (Lipinski definition) is 0. The molecule has 0 atom stereocenters. The molecule has 0 radical (unpaired) electrons. The molecule has 0 unspecified atom stereocenters. The zero-order valence-electron chi connectivity index (χ0n) is 7.46. The van der Waals surface area contributed by atoms with Crippen molar-refractivity contribution in [3.8, 4) is 11.8 Å². The Labute approximate surface area is 90.4 Å². The monoisotopic (exact) mass is 257 g/mol. The molecule has 1 aromatic carbocycles. The van der Waals surface area contributed by atoms with Gasteiger partial charge in [-0.15, -0.1) is 0 Å². The highest BCUT2D eigenvalue weighted by molar-refractivity contribution is 9.10. The molecule has 0 saturated heterocycles. The van der Waals surface area contributed by atoms with Gasteiger partial charge in [0.1, 0.15) is 5.75 Å². The molecule has 0 spiro atoms. The van der Waals surface area contributed by atoms with Crippen LogP contribution in [0.5, 0.6) is 5.75 Å². The van der Waals surface area contributed by atoms with E-state index >= 15 is 0 Å². The van der Waals surface area contributed by atoms with Gasteiger partial charge in [-0.2, -0.15) is 5.26 Å². The van der Waals surface area contributed by atoms with Gasteiger partial charge < -0.3 is 4.74 Å². The van der Waals surface area contributed by atoms with Crippen LogP contribution < -0.4 is 4.74 Å². The van der Waals surface area contributed by atoms with Gasteiger partial charge in [0.2, 0.25) is 6.86 Å². The SMILES string of the molecule is N#CCCc1cc(OCF)ccc1Br. The maximum absolute atomic E-state index is 11.9. The fourth-order valence-corrected chi connectivity index (χ4v) is 1.53. The summed E-state index contributed by atoms with van der Waals surface area (Å²) in [6.45, 7) is -0.834. The summed E-state index contributed by atoms with van der Waals surface area (Å²) in [7, 11) is 0. The molecule has 0 bridgehead atoms. The average molecular weight is 258 g/mol. The third-order valence-corrected chi connectivity index (χ3v) is 2.52. The van der Waals surface area contributed by atoms with Gasteiger partial charge in [0.15, 0.2) is 0 Å². The molecule has 0 saturated carbocycles. The van der Waals surface area contributed by atoms with Crippen LogP contribution >= 0.6 is 15.9 Å². The average Bonchev–Trinajstić information content (AvgIpc) is 2.19. The van der Waals surface area contributed by atoms with Gasteiger partial charge in [-0.1, -0.05) is 15.9 Å². The third kappa shape index (κ3) is 3.00. The number of benzene rings is 1. The first-order valence-electron chi connectivity index (χ1n) is 4.12. The highest BCUT2D eigenvalue weighted by atomic mass is 79.9. The summed E-state index contributed by atoms with van der Waals surface area (Å²) in [6.07, 6.45) is 1.08. The van der Waals surface area contributed by atoms with Crippen molar-refractivity contribution in [2.75, 3.05) is 6.86 Å². The van der Waals surface area contributed by atoms with E-state index in [0.29, 0.717) is 18.6 Å². The van der Waals surface area contributed by atoms with Crippen LogP contribution in [0.2, 0.25) is 0 Å². The molecule has 0 amide bonds. The second-order valence-corrected chi connectivity index (χ2v) is 3.52. The van der Waals surface area contributed by atoms with Crippen LogP contribution in [0.25, 0.3) is 0 Å². The molecule has 0 aliphatic rings. The Hall–Kier alpha value is -1.08. The Bertz CT molecular complexity index is 348. The number of nitrogens with zero attached hydrogens (tertiary/aromatic N) is 1. The molecule has 0 aromatic heterocycles. The number of ether oxygens (including phenoxy) is 1. The summed E-state index contributed by atoms with van der Waals surface area (Å²) < 4.78 is 17.5. The van der Waals surface area contributed by atoms with E-state index in [1.165, 1.54) is 0 Å². The lowest BCUT2D eigenvalue weighted by atomic mass is 10.1. The molecular formula is C10H9BrFNO. The van der Waals surface area contributed by atoms with E-state index in [0.717, 1.165) is 10.0 Å². The first kappa shape index (κ1) is 11.0. The van der Waals surface area contributed by atoms with Crippen LogP contribution in [-0.4, -0.2) is 6.86 Å². The van der Waals surface area contributed by atoms with Crippen molar-refractivity contribution < 1.29 is 9.13 Å². The van der Waals surface area contributed by atoms with Crippen LogP contribution in [0.15, 0.2) is 22.7 Å². The minimum atomic E-state index is -0.834. The summed E-state index contributed by atoms with van der Waals surface area (Å²) in [6, 6.07) is 7.27. The normalized spacial score (nSPS) is 9.50. The second kappa shape index (κ2) is 5.61. The largest absolute Gasteiger partial charge is 0.463 e. The minimum absolute atomic E-state index is 0.442. The lowest BCUT2D eigenvalue weighted by molar-refractivity contribution is 0.191. The molecule has 0 heterocycles. The van der Waals surface area contributed by atoms with Crippen LogP contribution in [0.3, 0.4) is 0 Å². The highest BCUT2D eigenvalue weighted by Crippen LogP contribution is 2.23. The Balaban J connectivity index is 2.80. The second-order valence-electron chi connectivity index (χ2n) is 2.66. The van der Waals surface area contributed by atoms with Gasteiger partial charge in [0, 0.05) is 10.9 Å². The first-order chi connectivity index (χ1) is 6.77. The molecule has 14 heavy (non-hydrogen) atoms. The predicted molar refractivity (Wildman–Crippen MR) is 54.7 cm³/mol. The van der Waals surface area contributed by atoms with E-state index in [2.05, 4.69) is 22.0 Å². The Kier molecular flexibility index (Phi) is 4.41. The molecule has 0 fully saturated rings. The quantitative estimate of drug-likeness (QED) is 0.830. The maximum atomic E-state index is 11.9. The van der Waals surface area contributed by atoms with Crippen molar-refractivity contribution in [3.63, 3.8) is 0 Å². The molecule has 1 rings (SSSR count). The van der Waals surface area contributed by atoms with Gasteiger partial charge in [-0.25, -0.2) is 4.39 Å². The van der Waals surface area contributed by atoms with Gasteiger partial charge in [-0.3, -0.25) is 0 Å². The zero-order chi connectivity index (χ0) is 10.4. The van der Waals surface area contributed by atoms with Crippen molar-refractivity contribution in [1.29, 1.82) is 5.26 Å². The van der Waals surface area contributed by atoms with Gasteiger partial charge >= 0.3 is 0 Å². The molecule has 4 heteroatoms. The number of rotatable bonds is 4. The van der Waals surface area contributed by atoms with Crippen LogP contribution in [0.1, 0.15) is 12.0 Å². The minimum Gasteiger partial charge on any atom is -0.463 e. The van der Waals surface area contributed by atoms with E-state index in [1.54, 1.807) is 18.2 Å². The maximum Gasteiger partial charge on any atom is 0.228 e. The number of hydrogen-bond acceptors (Lipinski definition) is 2. The van der Waals surface area contributed by atoms with Crippen molar-refractivity contribution in [1.82, 2.24) is 0 Å². The Morgan fingerprint density at radius 1 is 1.50 bits per heavy atom. The lowest BCUT2D eigenvalue weighted by Gasteiger charge is -2.05. The van der Waals surface area contributed by atoms with E-state index in [9.17, 15) is 4.39 Å². The summed E-state index contributed by atoms with van der Waals surface area (Å²) in [5.41, 5.74) is 0.956. The zero-order valence-corrected chi connectivity index (χ0v) is 9.05. The Morgan fingerprint density at radius 3 is 2.93 bits per heavy atom. The fourth-order valence-electron chi connectivity index (χ4n) is 1.09. The third-order valence-electron chi connectivity index (χ3n) is 1.74. The summed E-state index contributed by atoms with van der Waals surface area (Å²) in [5, 5.41) is 8.43. The number of halogens is 2. The Morgan fingerprint density at radius 2 is 2.29 bits per heavy atom. The molecule has 74 valence electrons. The predicted octanol–water partition coefficient (Wildman–Crippen LogP) is 3.21. The first-order valence-corrected chi connectivity index (χ1v) is 4.91. The molecular weight excluding hydrogens is 249 g/mol. The van der Waals surface area contributed by atoms with Gasteiger partial charge in [0.25, 0.3) is 0 Å². The standard InChI is InChI=1S/C10H9BrFNO/c11-10-4-3-9(14-7-12)6-8(10)2-1-5-13/h3-4,6H,1-2,7H2. The van der Waals surface area contributed by atoms with Gasteiger partial charge in [-0.05, 0) is 30.2 Å². The van der Waals surface area contributed by atoms with Crippen LogP contribution in [0, 0.1) is 11.3 Å². The number of alkyl halides is 1. The molecule has 0 aliphatic carbocycles. The summed E-state index contributed by atoms with van der Waals surface area (Å²) >= 11 is 3.35. The summed E-state index contributed by atoms with van der Waals surface area (Å²) in [4.78, 5) is 0. The molecule has 0 aliphatic heterocycles.